The second kappa shape index (κ2) is 7.61. The van der Waals surface area contributed by atoms with Crippen LogP contribution in [0.25, 0.3) is 0 Å². The second-order valence-electron chi connectivity index (χ2n) is 4.92. The molecule has 0 heterocycles. The molecule has 0 saturated carbocycles. The van der Waals surface area contributed by atoms with Crippen LogP contribution >= 0.6 is 11.6 Å². The van der Waals surface area contributed by atoms with Gasteiger partial charge < -0.3 is 15.2 Å². The van der Waals surface area contributed by atoms with E-state index in [1.54, 1.807) is 24.3 Å². The molecule has 7 heteroatoms. The first kappa shape index (κ1) is 17.5. The molecular weight excluding hydrogens is 334 g/mol. The van der Waals surface area contributed by atoms with E-state index in [-0.39, 0.29) is 22.1 Å². The molecule has 0 fully saturated rings. The summed E-state index contributed by atoms with van der Waals surface area (Å²) in [6.45, 7) is 0.914. The molecule has 2 aromatic carbocycles. The van der Waals surface area contributed by atoms with Crippen molar-refractivity contribution in [3.8, 4) is 5.75 Å². The molecule has 2 N–H and O–H groups in total. The van der Waals surface area contributed by atoms with Crippen LogP contribution in [0.3, 0.4) is 0 Å². The Labute approximate surface area is 143 Å². The largest absolute Gasteiger partial charge is 0.507 e. The van der Waals surface area contributed by atoms with Gasteiger partial charge in [-0.25, -0.2) is 4.79 Å². The minimum absolute atomic E-state index is 0.0804. The summed E-state index contributed by atoms with van der Waals surface area (Å²) in [4.78, 5) is 34.8. The quantitative estimate of drug-likeness (QED) is 0.640. The number of ketones is 1. The van der Waals surface area contributed by atoms with E-state index in [0.717, 1.165) is 0 Å². The van der Waals surface area contributed by atoms with E-state index in [1.165, 1.54) is 25.1 Å². The number of ether oxygens (including phenoxy) is 1. The van der Waals surface area contributed by atoms with E-state index in [2.05, 4.69) is 5.32 Å². The Morgan fingerprint density at radius 2 is 1.79 bits per heavy atom. The minimum Gasteiger partial charge on any atom is -0.507 e. The molecule has 0 bridgehead atoms. The fraction of sp³-hybridized carbons (Fsp3) is 0.118. The summed E-state index contributed by atoms with van der Waals surface area (Å²) in [6, 6.07) is 10.2. The topological polar surface area (TPSA) is 92.7 Å². The standard InChI is InChI=1S/C17H14ClNO5/c1-10(20)11-2-5-13(6-3-11)19-16(22)9-24-17(23)14-8-12(18)4-7-15(14)21/h2-8,21H,9H2,1H3,(H,19,22). The Bertz CT molecular complexity index is 786. The van der Waals surface area contributed by atoms with Gasteiger partial charge in [0.05, 0.1) is 0 Å². The van der Waals surface area contributed by atoms with E-state index in [0.29, 0.717) is 11.3 Å². The molecular formula is C17H14ClNO5. The van der Waals surface area contributed by atoms with Gasteiger partial charge in [0.2, 0.25) is 0 Å². The third-order valence-electron chi connectivity index (χ3n) is 3.09. The van der Waals surface area contributed by atoms with Crippen molar-refractivity contribution >= 4 is 34.9 Å². The van der Waals surface area contributed by atoms with Gasteiger partial charge >= 0.3 is 5.97 Å². The molecule has 6 nitrogen and oxygen atoms in total. The molecule has 24 heavy (non-hydrogen) atoms. The lowest BCUT2D eigenvalue weighted by molar-refractivity contribution is -0.119. The Balaban J connectivity index is 1.92. The van der Waals surface area contributed by atoms with E-state index in [4.69, 9.17) is 16.3 Å². The van der Waals surface area contributed by atoms with Crippen molar-refractivity contribution < 1.29 is 24.2 Å². The number of phenols is 1. The Morgan fingerprint density at radius 3 is 2.42 bits per heavy atom. The number of benzene rings is 2. The molecule has 2 aromatic rings. The van der Waals surface area contributed by atoms with E-state index >= 15 is 0 Å². The van der Waals surface area contributed by atoms with Crippen LogP contribution in [0.15, 0.2) is 42.5 Å². The summed E-state index contributed by atoms with van der Waals surface area (Å²) < 4.78 is 4.84. The van der Waals surface area contributed by atoms with Crippen LogP contribution in [0.1, 0.15) is 27.6 Å². The average molecular weight is 348 g/mol. The van der Waals surface area contributed by atoms with Crippen LogP contribution in [-0.4, -0.2) is 29.4 Å². The number of anilines is 1. The zero-order valence-corrected chi connectivity index (χ0v) is 13.5. The molecule has 124 valence electrons. The van der Waals surface area contributed by atoms with Crippen molar-refractivity contribution in [3.63, 3.8) is 0 Å². The molecule has 0 unspecified atom stereocenters. The van der Waals surface area contributed by atoms with Gasteiger partial charge in [-0.2, -0.15) is 0 Å². The van der Waals surface area contributed by atoms with Crippen LogP contribution in [0.5, 0.6) is 5.75 Å². The van der Waals surface area contributed by atoms with Crippen molar-refractivity contribution in [2.24, 2.45) is 0 Å². The number of halogens is 1. The van der Waals surface area contributed by atoms with Crippen LogP contribution in [0.4, 0.5) is 5.69 Å². The lowest BCUT2D eigenvalue weighted by atomic mass is 10.1. The Kier molecular flexibility index (Phi) is 5.55. The van der Waals surface area contributed by atoms with Gasteiger partial charge in [-0.1, -0.05) is 11.6 Å². The number of rotatable bonds is 5. The van der Waals surface area contributed by atoms with Crippen molar-refractivity contribution in [1.29, 1.82) is 0 Å². The number of Topliss-reactive ketones (excluding diaryl/α,β-unsaturated/α-hetero) is 1. The summed E-state index contributed by atoms with van der Waals surface area (Å²) in [5.41, 5.74) is 0.864. The highest BCUT2D eigenvalue weighted by Gasteiger charge is 2.15. The molecule has 0 aromatic heterocycles. The summed E-state index contributed by atoms with van der Waals surface area (Å²) in [6.07, 6.45) is 0. The summed E-state index contributed by atoms with van der Waals surface area (Å²) >= 11 is 5.74. The Morgan fingerprint density at radius 1 is 1.12 bits per heavy atom. The van der Waals surface area contributed by atoms with Gasteiger partial charge in [-0.15, -0.1) is 0 Å². The van der Waals surface area contributed by atoms with E-state index < -0.39 is 18.5 Å². The third kappa shape index (κ3) is 4.57. The van der Waals surface area contributed by atoms with Crippen LogP contribution in [0.2, 0.25) is 5.02 Å². The maximum absolute atomic E-state index is 11.8. The normalized spacial score (nSPS) is 10.1. The number of hydrogen-bond donors (Lipinski definition) is 2. The van der Waals surface area contributed by atoms with E-state index in [1.807, 2.05) is 0 Å². The highest BCUT2D eigenvalue weighted by atomic mass is 35.5. The fourth-order valence-electron chi connectivity index (χ4n) is 1.87. The summed E-state index contributed by atoms with van der Waals surface area (Å²) in [5, 5.41) is 12.4. The highest BCUT2D eigenvalue weighted by molar-refractivity contribution is 6.31. The molecule has 0 aliphatic heterocycles. The number of aromatic hydroxyl groups is 1. The smallest absolute Gasteiger partial charge is 0.342 e. The van der Waals surface area contributed by atoms with Crippen molar-refractivity contribution in [1.82, 2.24) is 0 Å². The predicted octanol–water partition coefficient (Wildman–Crippen LogP) is 3.04. The molecule has 0 radical (unpaired) electrons. The lowest BCUT2D eigenvalue weighted by Gasteiger charge is -2.08. The third-order valence-corrected chi connectivity index (χ3v) is 3.32. The van der Waals surface area contributed by atoms with Gasteiger partial charge in [0, 0.05) is 16.3 Å². The number of carbonyl (C=O) groups is 3. The van der Waals surface area contributed by atoms with Crippen molar-refractivity contribution in [3.05, 3.63) is 58.6 Å². The highest BCUT2D eigenvalue weighted by Crippen LogP contribution is 2.22. The Hall–Kier alpha value is -2.86. The van der Waals surface area contributed by atoms with Crippen LogP contribution in [-0.2, 0) is 9.53 Å². The van der Waals surface area contributed by atoms with E-state index in [9.17, 15) is 19.5 Å². The number of hydrogen-bond acceptors (Lipinski definition) is 5. The molecule has 0 atom stereocenters. The number of phenolic OH excluding ortho intramolecular Hbond substituents is 1. The van der Waals surface area contributed by atoms with Gasteiger partial charge in [0.15, 0.2) is 12.4 Å². The van der Waals surface area contributed by atoms with Crippen LogP contribution in [0, 0.1) is 0 Å². The summed E-state index contributed by atoms with van der Waals surface area (Å²) in [7, 11) is 0. The molecule has 0 saturated heterocycles. The first-order valence-corrected chi connectivity index (χ1v) is 7.31. The zero-order valence-electron chi connectivity index (χ0n) is 12.7. The van der Waals surface area contributed by atoms with Gasteiger partial charge in [-0.05, 0) is 49.4 Å². The summed E-state index contributed by atoms with van der Waals surface area (Å²) in [5.74, 6) is -1.79. The maximum atomic E-state index is 11.8. The number of nitrogens with one attached hydrogen (secondary N) is 1. The number of amides is 1. The van der Waals surface area contributed by atoms with Gasteiger partial charge in [-0.3, -0.25) is 9.59 Å². The maximum Gasteiger partial charge on any atom is 0.342 e. The molecule has 0 aliphatic carbocycles. The lowest BCUT2D eigenvalue weighted by Crippen LogP contribution is -2.21. The first-order valence-electron chi connectivity index (χ1n) is 6.93. The fourth-order valence-corrected chi connectivity index (χ4v) is 2.04. The minimum atomic E-state index is -0.864. The van der Waals surface area contributed by atoms with Gasteiger partial charge in [0.1, 0.15) is 11.3 Å². The average Bonchev–Trinajstić information content (AvgIpc) is 2.55. The van der Waals surface area contributed by atoms with Crippen LogP contribution < -0.4 is 5.32 Å². The van der Waals surface area contributed by atoms with Gasteiger partial charge in [0.25, 0.3) is 5.91 Å². The SMILES string of the molecule is CC(=O)c1ccc(NC(=O)COC(=O)c2cc(Cl)ccc2O)cc1. The number of esters is 1. The second-order valence-corrected chi connectivity index (χ2v) is 5.36. The molecule has 0 aliphatic rings. The van der Waals surface area contributed by atoms with Crippen molar-refractivity contribution in [2.75, 3.05) is 11.9 Å². The number of carbonyl (C=O) groups excluding carboxylic acids is 3. The molecule has 2 rings (SSSR count). The zero-order chi connectivity index (χ0) is 17.7. The molecule has 0 spiro atoms. The molecule has 1 amide bonds. The monoisotopic (exact) mass is 347 g/mol. The predicted molar refractivity (Wildman–Crippen MR) is 88.5 cm³/mol. The van der Waals surface area contributed by atoms with Crippen molar-refractivity contribution in [2.45, 2.75) is 6.92 Å². The first-order chi connectivity index (χ1) is 11.4.